The molecule has 0 unspecified atom stereocenters. The molecule has 0 radical (unpaired) electrons. The van der Waals surface area contributed by atoms with Crippen LogP contribution < -0.4 is 5.32 Å². The third-order valence-electron chi connectivity index (χ3n) is 2.92. The number of rotatable bonds is 6. The minimum Gasteiger partial charge on any atom is -0.359 e. The Hall–Kier alpha value is -2.38. The normalized spacial score (nSPS) is 10.8. The van der Waals surface area contributed by atoms with E-state index in [0.717, 1.165) is 12.1 Å². The highest BCUT2D eigenvalue weighted by Gasteiger charge is 2.24. The van der Waals surface area contributed by atoms with E-state index in [4.69, 9.17) is 0 Å². The van der Waals surface area contributed by atoms with E-state index >= 15 is 0 Å². The van der Waals surface area contributed by atoms with Gasteiger partial charge < -0.3 is 5.32 Å². The Labute approximate surface area is 116 Å². The predicted octanol–water partition coefficient (Wildman–Crippen LogP) is 1.86. The SMILES string of the molecule is CCCn1nc(C)c([N+](=O)[O-])c1NCc1ccn(C)n1. The summed E-state index contributed by atoms with van der Waals surface area (Å²) in [4.78, 5) is 10.8. The molecule has 0 spiro atoms. The molecule has 0 bridgehead atoms. The Bertz CT molecular complexity index is 615. The molecule has 108 valence electrons. The van der Waals surface area contributed by atoms with Crippen molar-refractivity contribution in [3.05, 3.63) is 33.8 Å². The van der Waals surface area contributed by atoms with Crippen LogP contribution in [0.5, 0.6) is 0 Å². The van der Waals surface area contributed by atoms with E-state index in [0.29, 0.717) is 24.6 Å². The fraction of sp³-hybridized carbons (Fsp3) is 0.500. The van der Waals surface area contributed by atoms with Crippen molar-refractivity contribution in [2.75, 3.05) is 5.32 Å². The number of anilines is 1. The second-order valence-electron chi connectivity index (χ2n) is 4.60. The first-order valence-electron chi connectivity index (χ1n) is 6.47. The van der Waals surface area contributed by atoms with Gasteiger partial charge in [0, 0.05) is 19.8 Å². The molecule has 8 heteroatoms. The van der Waals surface area contributed by atoms with E-state index < -0.39 is 4.92 Å². The number of hydrogen-bond donors (Lipinski definition) is 1. The van der Waals surface area contributed by atoms with Gasteiger partial charge in [-0.15, -0.1) is 0 Å². The van der Waals surface area contributed by atoms with Crippen LogP contribution in [-0.4, -0.2) is 24.5 Å². The maximum atomic E-state index is 11.2. The summed E-state index contributed by atoms with van der Waals surface area (Å²) >= 11 is 0. The molecule has 8 nitrogen and oxygen atoms in total. The molecule has 0 atom stereocenters. The first-order valence-corrected chi connectivity index (χ1v) is 6.47. The molecule has 2 aromatic rings. The molecular formula is C12H18N6O2. The van der Waals surface area contributed by atoms with E-state index in [2.05, 4.69) is 15.5 Å². The van der Waals surface area contributed by atoms with Gasteiger partial charge in [0.05, 0.1) is 17.2 Å². The number of nitrogens with one attached hydrogen (secondary N) is 1. The first-order chi connectivity index (χ1) is 9.52. The van der Waals surface area contributed by atoms with Crippen molar-refractivity contribution in [1.29, 1.82) is 0 Å². The molecule has 0 saturated carbocycles. The smallest absolute Gasteiger partial charge is 0.333 e. The summed E-state index contributed by atoms with van der Waals surface area (Å²) < 4.78 is 3.34. The van der Waals surface area contributed by atoms with Gasteiger partial charge in [0.15, 0.2) is 0 Å². The summed E-state index contributed by atoms with van der Waals surface area (Å²) in [6, 6.07) is 1.87. The van der Waals surface area contributed by atoms with Gasteiger partial charge in [0.2, 0.25) is 5.82 Å². The van der Waals surface area contributed by atoms with Crippen LogP contribution >= 0.6 is 0 Å². The highest BCUT2D eigenvalue weighted by Crippen LogP contribution is 2.28. The minimum atomic E-state index is -0.394. The molecule has 0 saturated heterocycles. The van der Waals surface area contributed by atoms with Gasteiger partial charge in [-0.1, -0.05) is 6.92 Å². The molecular weight excluding hydrogens is 260 g/mol. The molecule has 0 aromatic carbocycles. The molecule has 1 N–H and O–H groups in total. The number of nitro groups is 1. The standard InChI is InChI=1S/C12H18N6O2/c1-4-6-17-12(11(18(19)20)9(2)14-17)13-8-10-5-7-16(3)15-10/h5,7,13H,4,6,8H2,1-3H3. The molecule has 0 amide bonds. The highest BCUT2D eigenvalue weighted by molar-refractivity contribution is 5.59. The maximum Gasteiger partial charge on any atom is 0.333 e. The lowest BCUT2D eigenvalue weighted by molar-refractivity contribution is -0.384. The second-order valence-corrected chi connectivity index (χ2v) is 4.60. The highest BCUT2D eigenvalue weighted by atomic mass is 16.6. The van der Waals surface area contributed by atoms with Gasteiger partial charge in [-0.3, -0.25) is 14.8 Å². The zero-order valence-electron chi connectivity index (χ0n) is 11.8. The molecule has 0 aliphatic heterocycles. The van der Waals surface area contributed by atoms with Crippen molar-refractivity contribution < 1.29 is 4.92 Å². The number of hydrogen-bond acceptors (Lipinski definition) is 5. The summed E-state index contributed by atoms with van der Waals surface area (Å²) in [6.45, 7) is 4.72. The van der Waals surface area contributed by atoms with Gasteiger partial charge in [-0.2, -0.15) is 10.2 Å². The fourth-order valence-electron chi connectivity index (χ4n) is 2.07. The lowest BCUT2D eigenvalue weighted by atomic mass is 10.3. The third kappa shape index (κ3) is 2.79. The molecule has 2 rings (SSSR count). The van der Waals surface area contributed by atoms with Crippen molar-refractivity contribution in [1.82, 2.24) is 19.6 Å². The van der Waals surface area contributed by atoms with E-state index in [-0.39, 0.29) is 5.69 Å². The van der Waals surface area contributed by atoms with Crippen LogP contribution in [0.15, 0.2) is 12.3 Å². The van der Waals surface area contributed by atoms with Gasteiger partial charge in [0.25, 0.3) is 0 Å². The van der Waals surface area contributed by atoms with Crippen molar-refractivity contribution in [3.63, 3.8) is 0 Å². The van der Waals surface area contributed by atoms with Gasteiger partial charge in [-0.25, -0.2) is 4.68 Å². The molecule has 2 aromatic heterocycles. The summed E-state index contributed by atoms with van der Waals surface area (Å²) in [5, 5.41) is 22.7. The second kappa shape index (κ2) is 5.72. The Morgan fingerprint density at radius 3 is 2.75 bits per heavy atom. The first kappa shape index (κ1) is 14.0. The minimum absolute atomic E-state index is 0.0365. The zero-order valence-corrected chi connectivity index (χ0v) is 11.8. The molecule has 0 aliphatic carbocycles. The van der Waals surface area contributed by atoms with Crippen LogP contribution in [0.2, 0.25) is 0 Å². The lowest BCUT2D eigenvalue weighted by Gasteiger charge is -2.07. The van der Waals surface area contributed by atoms with Crippen LogP contribution in [-0.2, 0) is 20.1 Å². The van der Waals surface area contributed by atoms with E-state index in [1.807, 2.05) is 26.2 Å². The van der Waals surface area contributed by atoms with Crippen molar-refractivity contribution >= 4 is 11.5 Å². The van der Waals surface area contributed by atoms with Crippen molar-refractivity contribution in [2.24, 2.45) is 7.05 Å². The Morgan fingerprint density at radius 2 is 2.20 bits per heavy atom. The average Bonchev–Trinajstić information content (AvgIpc) is 2.91. The van der Waals surface area contributed by atoms with Gasteiger partial charge in [0.1, 0.15) is 5.69 Å². The predicted molar refractivity (Wildman–Crippen MR) is 74.4 cm³/mol. The largest absolute Gasteiger partial charge is 0.359 e. The van der Waals surface area contributed by atoms with Crippen LogP contribution in [0, 0.1) is 17.0 Å². The third-order valence-corrected chi connectivity index (χ3v) is 2.92. The van der Waals surface area contributed by atoms with E-state index in [1.54, 1.807) is 16.3 Å². The Morgan fingerprint density at radius 1 is 1.45 bits per heavy atom. The molecule has 0 aliphatic rings. The Balaban J connectivity index is 2.25. The molecule has 2 heterocycles. The van der Waals surface area contributed by atoms with Crippen LogP contribution in [0.3, 0.4) is 0 Å². The quantitative estimate of drug-likeness (QED) is 0.643. The van der Waals surface area contributed by atoms with Gasteiger partial charge >= 0.3 is 5.69 Å². The Kier molecular flexibility index (Phi) is 4.02. The maximum absolute atomic E-state index is 11.2. The van der Waals surface area contributed by atoms with Crippen LogP contribution in [0.25, 0.3) is 0 Å². The fourth-order valence-corrected chi connectivity index (χ4v) is 2.07. The zero-order chi connectivity index (χ0) is 14.7. The lowest BCUT2D eigenvalue weighted by Crippen LogP contribution is -2.09. The summed E-state index contributed by atoms with van der Waals surface area (Å²) in [6.07, 6.45) is 2.69. The average molecular weight is 278 g/mol. The molecule has 20 heavy (non-hydrogen) atoms. The monoisotopic (exact) mass is 278 g/mol. The van der Waals surface area contributed by atoms with Gasteiger partial charge in [-0.05, 0) is 19.4 Å². The van der Waals surface area contributed by atoms with Crippen molar-refractivity contribution in [2.45, 2.75) is 33.4 Å². The summed E-state index contributed by atoms with van der Waals surface area (Å²) in [5.41, 5.74) is 1.28. The van der Waals surface area contributed by atoms with E-state index in [1.165, 1.54) is 0 Å². The number of aryl methyl sites for hydroxylation is 3. The number of nitrogens with zero attached hydrogens (tertiary/aromatic N) is 5. The summed E-state index contributed by atoms with van der Waals surface area (Å²) in [7, 11) is 1.83. The van der Waals surface area contributed by atoms with Crippen LogP contribution in [0.4, 0.5) is 11.5 Å². The van der Waals surface area contributed by atoms with E-state index in [9.17, 15) is 10.1 Å². The molecule has 0 fully saturated rings. The van der Waals surface area contributed by atoms with Crippen molar-refractivity contribution in [3.8, 4) is 0 Å². The summed E-state index contributed by atoms with van der Waals surface area (Å²) in [5.74, 6) is 0.444. The topological polar surface area (TPSA) is 90.8 Å². The van der Waals surface area contributed by atoms with Crippen LogP contribution in [0.1, 0.15) is 24.7 Å². The number of aromatic nitrogens is 4.